The molecule has 0 aromatic heterocycles. The van der Waals surface area contributed by atoms with E-state index >= 15 is 0 Å². The van der Waals surface area contributed by atoms with Crippen LogP contribution in [0.25, 0.3) is 10.8 Å². The van der Waals surface area contributed by atoms with E-state index < -0.39 is 5.92 Å². The summed E-state index contributed by atoms with van der Waals surface area (Å²) in [4.78, 5) is 15.3. The first kappa shape index (κ1) is 24.3. The molecule has 0 radical (unpaired) electrons. The molecule has 1 aliphatic rings. The first-order valence-electron chi connectivity index (χ1n) is 12.1. The molecule has 0 spiro atoms. The van der Waals surface area contributed by atoms with Gasteiger partial charge >= 0.3 is 0 Å². The van der Waals surface area contributed by atoms with Crippen LogP contribution in [0.1, 0.15) is 55.5 Å². The average molecular weight is 466 g/mol. The summed E-state index contributed by atoms with van der Waals surface area (Å²) in [6, 6.07) is 17.2. The van der Waals surface area contributed by atoms with Crippen molar-refractivity contribution >= 4 is 16.6 Å². The molecule has 3 aromatic carbocycles. The molecule has 5 heteroatoms. The first-order valence-corrected chi connectivity index (χ1v) is 12.1. The number of Topliss-reactive ketones (excluding diaryl/α,β-unsaturated/α-hetero) is 1. The van der Waals surface area contributed by atoms with Crippen LogP contribution in [0.15, 0.2) is 60.7 Å². The fourth-order valence-electron chi connectivity index (χ4n) is 4.80. The molecule has 180 valence electrons. The largest absolute Gasteiger partial charge is 0.457 e. The maximum atomic E-state index is 13.5. The number of rotatable bonds is 8. The highest BCUT2D eigenvalue weighted by molar-refractivity contribution is 6.01. The number of likely N-dealkylation sites (tertiary alicyclic amines) is 1. The van der Waals surface area contributed by atoms with Crippen molar-refractivity contribution in [3.63, 3.8) is 0 Å². The molecule has 0 bridgehead atoms. The summed E-state index contributed by atoms with van der Waals surface area (Å²) in [6.07, 6.45) is 3.91. The molecule has 0 N–H and O–H groups in total. The zero-order valence-electron chi connectivity index (χ0n) is 20.2. The predicted octanol–water partition coefficient (Wildman–Crippen LogP) is 7.68. The highest BCUT2D eigenvalue weighted by Gasteiger charge is 2.24. The van der Waals surface area contributed by atoms with Gasteiger partial charge in [-0.1, -0.05) is 25.1 Å². The molecule has 4 rings (SSSR count). The van der Waals surface area contributed by atoms with E-state index in [4.69, 9.17) is 4.74 Å². The van der Waals surface area contributed by atoms with Crippen LogP contribution in [0, 0.1) is 11.8 Å². The second-order valence-corrected chi connectivity index (χ2v) is 9.79. The number of ether oxygens (including phenoxy) is 1. The number of benzene rings is 3. The van der Waals surface area contributed by atoms with Crippen LogP contribution in [-0.2, 0) is 5.92 Å². The van der Waals surface area contributed by atoms with Crippen molar-refractivity contribution in [2.45, 2.75) is 45.5 Å². The third-order valence-corrected chi connectivity index (χ3v) is 7.15. The van der Waals surface area contributed by atoms with Crippen LogP contribution in [0.2, 0.25) is 0 Å². The van der Waals surface area contributed by atoms with Crippen LogP contribution in [-0.4, -0.2) is 30.8 Å². The number of nitrogens with zero attached hydrogens (tertiary/aromatic N) is 1. The predicted molar refractivity (Wildman–Crippen MR) is 133 cm³/mol. The van der Waals surface area contributed by atoms with Crippen LogP contribution in [0.4, 0.5) is 8.78 Å². The highest BCUT2D eigenvalue weighted by atomic mass is 19.3. The molecule has 34 heavy (non-hydrogen) atoms. The summed E-state index contributed by atoms with van der Waals surface area (Å²) in [5, 5.41) is 1.80. The minimum absolute atomic E-state index is 0.0499. The number of carbonyl (C=O) groups is 1. The summed E-state index contributed by atoms with van der Waals surface area (Å²) in [6.45, 7) is 5.45. The fourth-order valence-corrected chi connectivity index (χ4v) is 4.80. The fraction of sp³-hybridized carbons (Fsp3) is 0.414. The maximum absolute atomic E-state index is 13.5. The van der Waals surface area contributed by atoms with Gasteiger partial charge in [-0.25, -0.2) is 8.78 Å². The molecular weight excluding hydrogens is 432 g/mol. The Morgan fingerprint density at radius 2 is 1.79 bits per heavy atom. The third-order valence-electron chi connectivity index (χ3n) is 7.15. The summed E-state index contributed by atoms with van der Waals surface area (Å²) < 4.78 is 32.9. The Hall–Kier alpha value is -2.79. The average Bonchev–Trinajstić information content (AvgIpc) is 2.82. The van der Waals surface area contributed by atoms with Crippen molar-refractivity contribution in [3.8, 4) is 11.5 Å². The van der Waals surface area contributed by atoms with E-state index in [1.54, 1.807) is 12.1 Å². The van der Waals surface area contributed by atoms with Crippen molar-refractivity contribution < 1.29 is 18.3 Å². The zero-order chi connectivity index (χ0) is 24.3. The smallest absolute Gasteiger partial charge is 0.270 e. The molecule has 3 nitrogen and oxygen atoms in total. The van der Waals surface area contributed by atoms with Gasteiger partial charge in [0.1, 0.15) is 11.5 Å². The standard InChI is InChI=1S/C29H33F2NO2/c1-20(21-15-17-32(3)18-16-21)7-14-27(33)23-8-13-26-22(19-23)5-4-6-28(26)34-25-11-9-24(10-12-25)29(2,30)31/h4-6,8-13,19-21H,7,14-18H2,1-3H3/t20-/m0/s1. The Morgan fingerprint density at radius 3 is 2.47 bits per heavy atom. The lowest BCUT2D eigenvalue weighted by Crippen LogP contribution is -2.32. The molecule has 0 unspecified atom stereocenters. The molecule has 0 amide bonds. The molecular formula is C29H33F2NO2. The Bertz CT molecular complexity index is 1130. The van der Waals surface area contributed by atoms with E-state index in [0.29, 0.717) is 29.8 Å². The van der Waals surface area contributed by atoms with Gasteiger partial charge in [-0.05, 0) is 99.1 Å². The normalized spacial score (nSPS) is 16.5. The number of alkyl halides is 2. The van der Waals surface area contributed by atoms with Crippen molar-refractivity contribution in [1.82, 2.24) is 4.90 Å². The Morgan fingerprint density at radius 1 is 1.09 bits per heavy atom. The van der Waals surface area contributed by atoms with Gasteiger partial charge in [0, 0.05) is 29.9 Å². The molecule has 3 aromatic rings. The second-order valence-electron chi connectivity index (χ2n) is 9.79. The number of piperidine rings is 1. The monoisotopic (exact) mass is 465 g/mol. The SMILES string of the molecule is C[C@@H](CCC(=O)c1ccc2c(Oc3ccc(C(C)(F)F)cc3)cccc2c1)C1CCN(C)CC1. The minimum atomic E-state index is -2.88. The molecule has 1 aliphatic heterocycles. The van der Waals surface area contributed by atoms with Gasteiger partial charge < -0.3 is 9.64 Å². The van der Waals surface area contributed by atoms with Gasteiger partial charge in [-0.15, -0.1) is 0 Å². The molecule has 0 aliphatic carbocycles. The second kappa shape index (κ2) is 10.2. The molecule has 1 atom stereocenters. The summed E-state index contributed by atoms with van der Waals surface area (Å²) in [7, 11) is 2.17. The summed E-state index contributed by atoms with van der Waals surface area (Å²) >= 11 is 0. The van der Waals surface area contributed by atoms with Crippen LogP contribution >= 0.6 is 0 Å². The van der Waals surface area contributed by atoms with Crippen molar-refractivity contribution in [1.29, 1.82) is 0 Å². The van der Waals surface area contributed by atoms with Gasteiger partial charge in [0.2, 0.25) is 0 Å². The van der Waals surface area contributed by atoms with E-state index in [0.717, 1.165) is 42.8 Å². The molecule has 1 fully saturated rings. The highest BCUT2D eigenvalue weighted by Crippen LogP contribution is 2.33. The molecule has 1 heterocycles. The van der Waals surface area contributed by atoms with Crippen LogP contribution < -0.4 is 4.74 Å². The van der Waals surface area contributed by atoms with E-state index in [9.17, 15) is 13.6 Å². The molecule has 1 saturated heterocycles. The third kappa shape index (κ3) is 5.82. The number of halogens is 2. The summed E-state index contributed by atoms with van der Waals surface area (Å²) in [5.41, 5.74) is 0.667. The summed E-state index contributed by atoms with van der Waals surface area (Å²) in [5.74, 6) is -0.336. The van der Waals surface area contributed by atoms with E-state index in [2.05, 4.69) is 18.9 Å². The minimum Gasteiger partial charge on any atom is -0.457 e. The lowest BCUT2D eigenvalue weighted by atomic mass is 9.82. The Kier molecular flexibility index (Phi) is 7.32. The lowest BCUT2D eigenvalue weighted by Gasteiger charge is -2.32. The number of fused-ring (bicyclic) bond motifs is 1. The van der Waals surface area contributed by atoms with E-state index in [1.165, 1.54) is 25.0 Å². The zero-order valence-corrected chi connectivity index (χ0v) is 20.2. The van der Waals surface area contributed by atoms with E-state index in [1.807, 2.05) is 36.4 Å². The van der Waals surface area contributed by atoms with Crippen molar-refractivity contribution in [2.24, 2.45) is 11.8 Å². The number of carbonyl (C=O) groups excluding carboxylic acids is 1. The van der Waals surface area contributed by atoms with Crippen molar-refractivity contribution in [2.75, 3.05) is 20.1 Å². The van der Waals surface area contributed by atoms with Gasteiger partial charge in [0.25, 0.3) is 5.92 Å². The number of hydrogen-bond donors (Lipinski definition) is 0. The van der Waals surface area contributed by atoms with Crippen LogP contribution in [0.5, 0.6) is 11.5 Å². The lowest BCUT2D eigenvalue weighted by molar-refractivity contribution is 0.0174. The van der Waals surface area contributed by atoms with E-state index in [-0.39, 0.29) is 11.3 Å². The first-order chi connectivity index (χ1) is 16.2. The Balaban J connectivity index is 1.42. The van der Waals surface area contributed by atoms with Gasteiger partial charge in [0.15, 0.2) is 5.78 Å². The van der Waals surface area contributed by atoms with Gasteiger partial charge in [-0.3, -0.25) is 4.79 Å². The van der Waals surface area contributed by atoms with Crippen LogP contribution in [0.3, 0.4) is 0 Å². The topological polar surface area (TPSA) is 29.5 Å². The number of ketones is 1. The number of hydrogen-bond acceptors (Lipinski definition) is 3. The molecule has 0 saturated carbocycles. The van der Waals surface area contributed by atoms with Gasteiger partial charge in [0.05, 0.1) is 0 Å². The quantitative estimate of drug-likeness (QED) is 0.320. The Labute approximate surface area is 200 Å². The maximum Gasteiger partial charge on any atom is 0.270 e. The van der Waals surface area contributed by atoms with Gasteiger partial charge in [-0.2, -0.15) is 0 Å². The van der Waals surface area contributed by atoms with Crippen molar-refractivity contribution in [3.05, 3.63) is 71.8 Å².